The molecule has 0 spiro atoms. The highest BCUT2D eigenvalue weighted by Gasteiger charge is 2.40. The molecule has 18 heavy (non-hydrogen) atoms. The van der Waals surface area contributed by atoms with Crippen LogP contribution in [0.2, 0.25) is 0 Å². The summed E-state index contributed by atoms with van der Waals surface area (Å²) in [5.74, 6) is 0.823. The Morgan fingerprint density at radius 3 is 2.78 bits per heavy atom. The van der Waals surface area contributed by atoms with Crippen molar-refractivity contribution >= 4 is 5.97 Å². The SMILES string of the molecule is CC1CCCC(CC(=O)OOCCO)(C(C)C)C1. The fourth-order valence-corrected chi connectivity index (χ4v) is 3.05. The Morgan fingerprint density at radius 2 is 2.22 bits per heavy atom. The fourth-order valence-electron chi connectivity index (χ4n) is 3.05. The molecule has 0 radical (unpaired) electrons. The quantitative estimate of drug-likeness (QED) is 0.452. The van der Waals surface area contributed by atoms with Crippen LogP contribution in [-0.4, -0.2) is 24.3 Å². The molecule has 0 saturated heterocycles. The first kappa shape index (κ1) is 15.4. The van der Waals surface area contributed by atoms with Gasteiger partial charge in [-0.05, 0) is 30.1 Å². The fraction of sp³-hybridized carbons (Fsp3) is 0.929. The Hall–Kier alpha value is -0.610. The lowest BCUT2D eigenvalue weighted by Crippen LogP contribution is -2.35. The molecule has 0 aromatic heterocycles. The van der Waals surface area contributed by atoms with Gasteiger partial charge in [-0.15, -0.1) is 0 Å². The normalized spacial score (nSPS) is 28.4. The van der Waals surface area contributed by atoms with Crippen molar-refractivity contribution in [1.82, 2.24) is 0 Å². The minimum Gasteiger partial charge on any atom is -0.394 e. The average Bonchev–Trinajstić information content (AvgIpc) is 2.29. The molecule has 0 heterocycles. The molecular weight excluding hydrogens is 232 g/mol. The summed E-state index contributed by atoms with van der Waals surface area (Å²) >= 11 is 0. The van der Waals surface area contributed by atoms with Crippen molar-refractivity contribution in [3.8, 4) is 0 Å². The summed E-state index contributed by atoms with van der Waals surface area (Å²) in [6.45, 7) is 6.51. The topological polar surface area (TPSA) is 55.8 Å². The molecule has 1 fully saturated rings. The summed E-state index contributed by atoms with van der Waals surface area (Å²) < 4.78 is 0. The number of hydrogen-bond acceptors (Lipinski definition) is 4. The summed E-state index contributed by atoms with van der Waals surface area (Å²) in [7, 11) is 0. The van der Waals surface area contributed by atoms with E-state index < -0.39 is 0 Å². The number of rotatable bonds is 6. The van der Waals surface area contributed by atoms with Crippen molar-refractivity contribution in [2.45, 2.75) is 52.9 Å². The Kier molecular flexibility index (Phi) is 6.09. The van der Waals surface area contributed by atoms with Crippen LogP contribution in [0, 0.1) is 17.3 Å². The zero-order valence-corrected chi connectivity index (χ0v) is 11.8. The standard InChI is InChI=1S/C14H26O4/c1-11(2)14(6-4-5-12(3)9-14)10-13(16)18-17-8-7-15/h11-12,15H,4-10H2,1-3H3. The van der Waals surface area contributed by atoms with Crippen LogP contribution in [0.15, 0.2) is 0 Å². The van der Waals surface area contributed by atoms with Crippen LogP contribution < -0.4 is 0 Å². The van der Waals surface area contributed by atoms with E-state index in [0.29, 0.717) is 18.3 Å². The lowest BCUT2D eigenvalue weighted by molar-refractivity contribution is -0.277. The Balaban J connectivity index is 2.54. The van der Waals surface area contributed by atoms with E-state index in [4.69, 9.17) is 9.99 Å². The number of carbonyl (C=O) groups excluding carboxylic acids is 1. The van der Waals surface area contributed by atoms with Crippen molar-refractivity contribution < 1.29 is 19.7 Å². The first-order chi connectivity index (χ1) is 8.50. The maximum absolute atomic E-state index is 11.8. The zero-order valence-electron chi connectivity index (χ0n) is 11.8. The molecule has 0 aromatic rings. The van der Waals surface area contributed by atoms with E-state index in [1.807, 2.05) is 0 Å². The minimum atomic E-state index is -0.314. The highest BCUT2D eigenvalue weighted by molar-refractivity contribution is 5.69. The van der Waals surface area contributed by atoms with Crippen molar-refractivity contribution in [3.63, 3.8) is 0 Å². The van der Waals surface area contributed by atoms with E-state index >= 15 is 0 Å². The molecule has 1 rings (SSSR count). The van der Waals surface area contributed by atoms with Gasteiger partial charge in [-0.25, -0.2) is 4.79 Å². The number of aliphatic hydroxyl groups is 1. The van der Waals surface area contributed by atoms with Gasteiger partial charge in [-0.3, -0.25) is 4.89 Å². The van der Waals surface area contributed by atoms with Gasteiger partial charge < -0.3 is 5.11 Å². The third kappa shape index (κ3) is 4.25. The van der Waals surface area contributed by atoms with Crippen LogP contribution in [0.3, 0.4) is 0 Å². The molecule has 1 aliphatic carbocycles. The van der Waals surface area contributed by atoms with E-state index in [0.717, 1.165) is 12.8 Å². The lowest BCUT2D eigenvalue weighted by atomic mass is 9.62. The van der Waals surface area contributed by atoms with Gasteiger partial charge in [0.05, 0.1) is 13.0 Å². The van der Waals surface area contributed by atoms with Gasteiger partial charge in [-0.1, -0.05) is 33.6 Å². The minimum absolute atomic E-state index is 0.0385. The van der Waals surface area contributed by atoms with Crippen LogP contribution in [0.5, 0.6) is 0 Å². The van der Waals surface area contributed by atoms with Gasteiger partial charge in [-0.2, -0.15) is 4.89 Å². The molecule has 0 amide bonds. The van der Waals surface area contributed by atoms with E-state index in [2.05, 4.69) is 25.7 Å². The maximum Gasteiger partial charge on any atom is 0.342 e. The molecule has 0 bridgehead atoms. The second-order valence-corrected chi connectivity index (χ2v) is 5.90. The maximum atomic E-state index is 11.8. The van der Waals surface area contributed by atoms with Crippen LogP contribution in [0.4, 0.5) is 0 Å². The van der Waals surface area contributed by atoms with Crippen molar-refractivity contribution in [2.75, 3.05) is 13.2 Å². The van der Waals surface area contributed by atoms with E-state index in [1.54, 1.807) is 0 Å². The molecule has 0 aliphatic heterocycles. The van der Waals surface area contributed by atoms with Crippen LogP contribution in [-0.2, 0) is 14.6 Å². The Morgan fingerprint density at radius 1 is 1.50 bits per heavy atom. The van der Waals surface area contributed by atoms with E-state index in [1.165, 1.54) is 12.8 Å². The molecule has 1 saturated carbocycles. The first-order valence-electron chi connectivity index (χ1n) is 6.93. The summed E-state index contributed by atoms with van der Waals surface area (Å²) in [6.07, 6.45) is 5.03. The van der Waals surface area contributed by atoms with Crippen molar-refractivity contribution in [3.05, 3.63) is 0 Å². The van der Waals surface area contributed by atoms with Gasteiger partial charge >= 0.3 is 5.97 Å². The first-order valence-corrected chi connectivity index (χ1v) is 6.93. The predicted molar refractivity (Wildman–Crippen MR) is 68.6 cm³/mol. The Labute approximate surface area is 110 Å². The molecule has 106 valence electrons. The Bertz CT molecular complexity index is 265. The summed E-state index contributed by atoms with van der Waals surface area (Å²) in [4.78, 5) is 21.1. The van der Waals surface area contributed by atoms with Crippen molar-refractivity contribution in [1.29, 1.82) is 0 Å². The largest absolute Gasteiger partial charge is 0.394 e. The van der Waals surface area contributed by atoms with Crippen LogP contribution in [0.25, 0.3) is 0 Å². The number of hydrogen-bond donors (Lipinski definition) is 1. The lowest BCUT2D eigenvalue weighted by Gasteiger charge is -2.42. The molecule has 2 unspecified atom stereocenters. The third-order valence-electron chi connectivity index (χ3n) is 4.17. The molecule has 4 heteroatoms. The average molecular weight is 258 g/mol. The van der Waals surface area contributed by atoms with Gasteiger partial charge in [0.25, 0.3) is 0 Å². The molecule has 2 atom stereocenters. The second-order valence-electron chi connectivity index (χ2n) is 5.90. The monoisotopic (exact) mass is 258 g/mol. The van der Waals surface area contributed by atoms with Gasteiger partial charge in [0, 0.05) is 0 Å². The second kappa shape index (κ2) is 7.10. The molecular formula is C14H26O4. The molecule has 1 N–H and O–H groups in total. The van der Waals surface area contributed by atoms with Gasteiger partial charge in [0.1, 0.15) is 6.61 Å². The summed E-state index contributed by atoms with van der Waals surface area (Å²) in [6, 6.07) is 0. The molecule has 1 aliphatic rings. The molecule has 4 nitrogen and oxygen atoms in total. The van der Waals surface area contributed by atoms with Crippen LogP contribution in [0.1, 0.15) is 52.9 Å². The highest BCUT2D eigenvalue weighted by atomic mass is 17.2. The van der Waals surface area contributed by atoms with Gasteiger partial charge in [0.15, 0.2) is 0 Å². The summed E-state index contributed by atoms with van der Waals surface area (Å²) in [5.41, 5.74) is 0.0529. The van der Waals surface area contributed by atoms with Gasteiger partial charge in [0.2, 0.25) is 0 Å². The van der Waals surface area contributed by atoms with Crippen LogP contribution >= 0.6 is 0 Å². The predicted octanol–water partition coefficient (Wildman–Crippen LogP) is 2.70. The smallest absolute Gasteiger partial charge is 0.342 e. The van der Waals surface area contributed by atoms with E-state index in [9.17, 15) is 4.79 Å². The number of aliphatic hydroxyl groups excluding tert-OH is 1. The zero-order chi connectivity index (χ0) is 13.6. The highest BCUT2D eigenvalue weighted by Crippen LogP contribution is 2.47. The number of carbonyl (C=O) groups is 1. The summed E-state index contributed by atoms with van der Waals surface area (Å²) in [5, 5.41) is 8.56. The van der Waals surface area contributed by atoms with E-state index in [-0.39, 0.29) is 24.6 Å². The molecule has 0 aromatic carbocycles. The third-order valence-corrected chi connectivity index (χ3v) is 4.17. The van der Waals surface area contributed by atoms with Crippen molar-refractivity contribution in [2.24, 2.45) is 17.3 Å².